The number of nitrogens with one attached hydrogen (secondary N) is 1. The third-order valence-corrected chi connectivity index (χ3v) is 4.91. The van der Waals surface area contributed by atoms with E-state index >= 15 is 0 Å². The third kappa shape index (κ3) is 4.70. The van der Waals surface area contributed by atoms with Crippen LogP contribution in [-0.4, -0.2) is 29.2 Å². The Morgan fingerprint density at radius 3 is 3.00 bits per heavy atom. The lowest BCUT2D eigenvalue weighted by atomic mass is 9.85. The minimum Gasteiger partial charge on any atom is -0.548 e. The Labute approximate surface area is 139 Å². The fourth-order valence-corrected chi connectivity index (χ4v) is 3.42. The maximum absolute atomic E-state index is 11.6. The van der Waals surface area contributed by atoms with E-state index in [0.29, 0.717) is 16.5 Å². The summed E-state index contributed by atoms with van der Waals surface area (Å²) in [6.07, 6.45) is 4.06. The topological polar surface area (TPSA) is 106 Å². The van der Waals surface area contributed by atoms with Gasteiger partial charge in [0.05, 0.1) is 23.8 Å². The highest BCUT2D eigenvalue weighted by Crippen LogP contribution is 2.30. The summed E-state index contributed by atoms with van der Waals surface area (Å²) in [5, 5.41) is 22.4. The Balaban J connectivity index is 2.06. The first-order chi connectivity index (χ1) is 11.0. The number of carboxylic acid groups (broad SMARTS) is 1. The fraction of sp³-hybridized carbons (Fsp3) is 0.500. The number of aliphatic carboxylic acids is 1. The summed E-state index contributed by atoms with van der Waals surface area (Å²) >= 11 is 1.15. The van der Waals surface area contributed by atoms with Gasteiger partial charge in [-0.15, -0.1) is 0 Å². The molecule has 1 heterocycles. The smallest absolute Gasteiger partial charge is 0.230 e. The standard InChI is InChI=1S/C16H19N3O3S/c1-2-10-3-4-13-11(5-10)6-12(7-17)16(19-13)23-9-14(20)18-8-15(21)22/h6,10H,2-5,8-9H2,1H3,(H,18,20)(H,21,22)/p-1/t10-/m0/s1. The minimum absolute atomic E-state index is 0.0192. The zero-order chi connectivity index (χ0) is 16.8. The van der Waals surface area contributed by atoms with E-state index in [2.05, 4.69) is 23.3 Å². The van der Waals surface area contributed by atoms with Gasteiger partial charge in [0, 0.05) is 5.69 Å². The lowest BCUT2D eigenvalue weighted by Crippen LogP contribution is -2.38. The van der Waals surface area contributed by atoms with Crippen LogP contribution < -0.4 is 10.4 Å². The number of amides is 1. The van der Waals surface area contributed by atoms with Crippen molar-refractivity contribution in [2.24, 2.45) is 5.92 Å². The van der Waals surface area contributed by atoms with Gasteiger partial charge < -0.3 is 15.2 Å². The Morgan fingerprint density at radius 2 is 2.35 bits per heavy atom. The van der Waals surface area contributed by atoms with E-state index in [1.807, 2.05) is 6.07 Å². The lowest BCUT2D eigenvalue weighted by Gasteiger charge is -2.23. The summed E-state index contributed by atoms with van der Waals surface area (Å²) in [5.74, 6) is -1.09. The van der Waals surface area contributed by atoms with E-state index in [9.17, 15) is 20.0 Å². The number of carbonyl (C=O) groups is 2. The summed E-state index contributed by atoms with van der Waals surface area (Å²) in [5.41, 5.74) is 2.61. The van der Waals surface area contributed by atoms with Crippen LogP contribution in [0.2, 0.25) is 0 Å². The van der Waals surface area contributed by atoms with Crippen LogP contribution in [0, 0.1) is 17.2 Å². The van der Waals surface area contributed by atoms with Gasteiger partial charge in [0.1, 0.15) is 11.1 Å². The summed E-state index contributed by atoms with van der Waals surface area (Å²) in [4.78, 5) is 26.4. The average molecular weight is 332 g/mol. The monoisotopic (exact) mass is 332 g/mol. The number of thioether (sulfide) groups is 1. The maximum Gasteiger partial charge on any atom is 0.230 e. The van der Waals surface area contributed by atoms with Gasteiger partial charge in [-0.05, 0) is 36.8 Å². The highest BCUT2D eigenvalue weighted by atomic mass is 32.2. The van der Waals surface area contributed by atoms with Crippen molar-refractivity contribution in [1.82, 2.24) is 10.3 Å². The molecule has 0 aliphatic heterocycles. The van der Waals surface area contributed by atoms with Crippen LogP contribution in [-0.2, 0) is 22.4 Å². The highest BCUT2D eigenvalue weighted by Gasteiger charge is 2.21. The number of carboxylic acids is 1. The number of fused-ring (bicyclic) bond motifs is 1. The molecule has 0 saturated carbocycles. The van der Waals surface area contributed by atoms with Crippen LogP contribution in [0.15, 0.2) is 11.1 Å². The van der Waals surface area contributed by atoms with Crippen LogP contribution in [0.5, 0.6) is 0 Å². The molecule has 0 aromatic carbocycles. The molecule has 6 nitrogen and oxygen atoms in total. The number of hydrogen-bond donors (Lipinski definition) is 1. The van der Waals surface area contributed by atoms with Crippen LogP contribution in [0.3, 0.4) is 0 Å². The predicted octanol–water partition coefficient (Wildman–Crippen LogP) is 0.426. The van der Waals surface area contributed by atoms with Crippen molar-refractivity contribution in [3.8, 4) is 6.07 Å². The summed E-state index contributed by atoms with van der Waals surface area (Å²) in [7, 11) is 0. The molecular weight excluding hydrogens is 314 g/mol. The molecule has 1 N–H and O–H groups in total. The summed E-state index contributed by atoms with van der Waals surface area (Å²) in [6, 6.07) is 4.01. The SMILES string of the molecule is CC[C@H]1CCc2nc(SCC(=O)NCC(=O)[O-])c(C#N)cc2C1. The van der Waals surface area contributed by atoms with Crippen molar-refractivity contribution >= 4 is 23.6 Å². The van der Waals surface area contributed by atoms with Gasteiger partial charge in [-0.3, -0.25) is 4.79 Å². The normalized spacial score (nSPS) is 16.3. The van der Waals surface area contributed by atoms with E-state index in [-0.39, 0.29) is 5.75 Å². The van der Waals surface area contributed by atoms with Gasteiger partial charge in [-0.25, -0.2) is 4.98 Å². The predicted molar refractivity (Wildman–Crippen MR) is 83.5 cm³/mol. The number of aromatic nitrogens is 1. The van der Waals surface area contributed by atoms with Crippen molar-refractivity contribution in [3.63, 3.8) is 0 Å². The van der Waals surface area contributed by atoms with Crippen LogP contribution in [0.1, 0.15) is 36.6 Å². The minimum atomic E-state index is -1.33. The largest absolute Gasteiger partial charge is 0.548 e. The number of nitrogens with zero attached hydrogens (tertiary/aromatic N) is 2. The number of nitriles is 1. The molecule has 122 valence electrons. The Kier molecular flexibility index (Phi) is 5.99. The second-order valence-electron chi connectivity index (χ2n) is 5.51. The van der Waals surface area contributed by atoms with Crippen molar-refractivity contribution in [2.75, 3.05) is 12.3 Å². The molecule has 0 fully saturated rings. The average Bonchev–Trinajstić information content (AvgIpc) is 2.56. The van der Waals surface area contributed by atoms with Gasteiger partial charge in [0.2, 0.25) is 5.91 Å². The summed E-state index contributed by atoms with van der Waals surface area (Å²) < 4.78 is 0. The second kappa shape index (κ2) is 7.97. The maximum atomic E-state index is 11.6. The number of rotatable bonds is 6. The van der Waals surface area contributed by atoms with Crippen LogP contribution in [0.25, 0.3) is 0 Å². The molecule has 0 saturated heterocycles. The quantitative estimate of drug-likeness (QED) is 0.757. The second-order valence-corrected chi connectivity index (χ2v) is 6.48. The van der Waals surface area contributed by atoms with Crippen LogP contribution in [0.4, 0.5) is 0 Å². The summed E-state index contributed by atoms with van der Waals surface area (Å²) in [6.45, 7) is 1.66. The first-order valence-corrected chi connectivity index (χ1v) is 8.54. The highest BCUT2D eigenvalue weighted by molar-refractivity contribution is 8.00. The molecule has 1 aliphatic carbocycles. The Hall–Kier alpha value is -2.07. The molecule has 1 aliphatic rings. The molecule has 1 aromatic heterocycles. The van der Waals surface area contributed by atoms with Crippen molar-refractivity contribution in [1.29, 1.82) is 5.26 Å². The van der Waals surface area contributed by atoms with Crippen molar-refractivity contribution in [2.45, 2.75) is 37.6 Å². The van der Waals surface area contributed by atoms with E-state index in [4.69, 9.17) is 0 Å². The van der Waals surface area contributed by atoms with E-state index in [1.54, 1.807) is 0 Å². The molecule has 0 unspecified atom stereocenters. The molecule has 2 rings (SSSR count). The Bertz CT molecular complexity index is 655. The molecule has 23 heavy (non-hydrogen) atoms. The molecule has 1 atom stereocenters. The van der Waals surface area contributed by atoms with Crippen molar-refractivity contribution in [3.05, 3.63) is 22.9 Å². The number of carbonyl (C=O) groups excluding carboxylic acids is 2. The first kappa shape index (κ1) is 17.3. The Morgan fingerprint density at radius 1 is 1.57 bits per heavy atom. The van der Waals surface area contributed by atoms with Gasteiger partial charge in [0.15, 0.2) is 0 Å². The van der Waals surface area contributed by atoms with Gasteiger partial charge >= 0.3 is 0 Å². The first-order valence-electron chi connectivity index (χ1n) is 7.55. The zero-order valence-corrected chi connectivity index (χ0v) is 13.7. The molecule has 0 spiro atoms. The van der Waals surface area contributed by atoms with E-state index in [0.717, 1.165) is 48.7 Å². The van der Waals surface area contributed by atoms with E-state index < -0.39 is 18.4 Å². The molecule has 7 heteroatoms. The lowest BCUT2D eigenvalue weighted by molar-refractivity contribution is -0.303. The van der Waals surface area contributed by atoms with Gasteiger partial charge in [-0.2, -0.15) is 5.26 Å². The molecule has 1 amide bonds. The van der Waals surface area contributed by atoms with Gasteiger partial charge in [-0.1, -0.05) is 25.1 Å². The number of aryl methyl sites for hydroxylation is 1. The zero-order valence-electron chi connectivity index (χ0n) is 12.9. The molecule has 0 bridgehead atoms. The fourth-order valence-electron chi connectivity index (χ4n) is 2.62. The molecule has 0 radical (unpaired) electrons. The number of pyridine rings is 1. The third-order valence-electron chi connectivity index (χ3n) is 3.92. The van der Waals surface area contributed by atoms with Crippen molar-refractivity contribution < 1.29 is 14.7 Å². The molecular formula is C16H18N3O3S-. The number of hydrogen-bond acceptors (Lipinski definition) is 6. The molecule has 1 aromatic rings. The van der Waals surface area contributed by atoms with Crippen LogP contribution >= 0.6 is 11.8 Å². The van der Waals surface area contributed by atoms with E-state index in [1.165, 1.54) is 0 Å². The van der Waals surface area contributed by atoms with Gasteiger partial charge in [0.25, 0.3) is 0 Å².